The number of carbonyl (C=O) groups is 2. The van der Waals surface area contributed by atoms with Gasteiger partial charge in [-0.05, 0) is 18.8 Å². The lowest BCUT2D eigenvalue weighted by Crippen LogP contribution is -2.19. The SMILES string of the molecule is C=C1C[C@@H](/C=C/C(=O)OC)[C@H](C(=O)OC)C1. The summed E-state index contributed by atoms with van der Waals surface area (Å²) in [6.07, 6.45) is 4.39. The Labute approximate surface area is 94.9 Å². The molecule has 0 aromatic carbocycles. The molecule has 4 nitrogen and oxygen atoms in total. The second-order valence-corrected chi connectivity index (χ2v) is 3.83. The van der Waals surface area contributed by atoms with E-state index in [1.54, 1.807) is 6.08 Å². The predicted molar refractivity (Wildman–Crippen MR) is 58.5 cm³/mol. The molecule has 0 radical (unpaired) electrons. The van der Waals surface area contributed by atoms with Crippen LogP contribution < -0.4 is 0 Å². The van der Waals surface area contributed by atoms with Gasteiger partial charge in [0.25, 0.3) is 0 Å². The minimum absolute atomic E-state index is 0.0148. The third-order valence-electron chi connectivity index (χ3n) is 2.73. The van der Waals surface area contributed by atoms with Crippen LogP contribution in [0.3, 0.4) is 0 Å². The van der Waals surface area contributed by atoms with Crippen molar-refractivity contribution in [2.24, 2.45) is 11.8 Å². The zero-order valence-electron chi connectivity index (χ0n) is 9.56. The Morgan fingerprint density at radius 1 is 1.31 bits per heavy atom. The average molecular weight is 224 g/mol. The Kier molecular flexibility index (Phi) is 4.28. The predicted octanol–water partition coefficient (Wildman–Crippen LogP) is 1.47. The van der Waals surface area contributed by atoms with Gasteiger partial charge in [-0.25, -0.2) is 4.79 Å². The first-order valence-corrected chi connectivity index (χ1v) is 5.09. The molecule has 0 aromatic rings. The Morgan fingerprint density at radius 2 is 2.00 bits per heavy atom. The van der Waals surface area contributed by atoms with Gasteiger partial charge in [0.15, 0.2) is 0 Å². The van der Waals surface area contributed by atoms with Crippen LogP contribution in [0.1, 0.15) is 12.8 Å². The molecule has 0 heterocycles. The maximum atomic E-state index is 11.5. The van der Waals surface area contributed by atoms with Crippen molar-refractivity contribution in [2.45, 2.75) is 12.8 Å². The van der Waals surface area contributed by atoms with Crippen molar-refractivity contribution >= 4 is 11.9 Å². The van der Waals surface area contributed by atoms with Crippen molar-refractivity contribution in [3.05, 3.63) is 24.3 Å². The highest BCUT2D eigenvalue weighted by atomic mass is 16.5. The minimum Gasteiger partial charge on any atom is -0.469 e. The van der Waals surface area contributed by atoms with Gasteiger partial charge in [-0.2, -0.15) is 0 Å². The van der Waals surface area contributed by atoms with Gasteiger partial charge in [-0.15, -0.1) is 0 Å². The molecule has 1 fully saturated rings. The lowest BCUT2D eigenvalue weighted by molar-refractivity contribution is -0.146. The molecule has 1 aliphatic rings. The zero-order chi connectivity index (χ0) is 12.1. The first-order chi connectivity index (χ1) is 7.58. The summed E-state index contributed by atoms with van der Waals surface area (Å²) in [5.74, 6) is -0.906. The van der Waals surface area contributed by atoms with E-state index in [9.17, 15) is 9.59 Å². The molecular weight excluding hydrogens is 208 g/mol. The monoisotopic (exact) mass is 224 g/mol. The van der Waals surface area contributed by atoms with Crippen LogP contribution >= 0.6 is 0 Å². The van der Waals surface area contributed by atoms with Gasteiger partial charge >= 0.3 is 11.9 Å². The number of rotatable bonds is 3. The van der Waals surface area contributed by atoms with E-state index in [4.69, 9.17) is 4.74 Å². The van der Waals surface area contributed by atoms with E-state index in [2.05, 4.69) is 11.3 Å². The van der Waals surface area contributed by atoms with E-state index in [1.807, 2.05) is 0 Å². The highest BCUT2D eigenvalue weighted by Gasteiger charge is 2.34. The quantitative estimate of drug-likeness (QED) is 0.414. The topological polar surface area (TPSA) is 52.6 Å². The van der Waals surface area contributed by atoms with Crippen LogP contribution in [0.5, 0.6) is 0 Å². The van der Waals surface area contributed by atoms with Gasteiger partial charge in [-0.3, -0.25) is 4.79 Å². The summed E-state index contributed by atoms with van der Waals surface area (Å²) in [7, 11) is 2.68. The molecule has 16 heavy (non-hydrogen) atoms. The Bertz CT molecular complexity index is 330. The molecule has 4 heteroatoms. The third-order valence-corrected chi connectivity index (χ3v) is 2.73. The lowest BCUT2D eigenvalue weighted by Gasteiger charge is -2.12. The molecule has 1 aliphatic carbocycles. The molecule has 1 rings (SSSR count). The van der Waals surface area contributed by atoms with Gasteiger partial charge in [0.2, 0.25) is 0 Å². The molecule has 0 spiro atoms. The average Bonchev–Trinajstić information content (AvgIpc) is 2.66. The van der Waals surface area contributed by atoms with Gasteiger partial charge in [-0.1, -0.05) is 18.2 Å². The summed E-state index contributed by atoms with van der Waals surface area (Å²) < 4.78 is 9.21. The maximum absolute atomic E-state index is 11.5. The van der Waals surface area contributed by atoms with Crippen LogP contribution in [0.15, 0.2) is 24.3 Å². The molecule has 2 atom stereocenters. The number of esters is 2. The largest absolute Gasteiger partial charge is 0.469 e. The molecule has 1 saturated carbocycles. The number of hydrogen-bond donors (Lipinski definition) is 0. The molecule has 0 N–H and O–H groups in total. The van der Waals surface area contributed by atoms with Crippen molar-refractivity contribution in [3.8, 4) is 0 Å². The second kappa shape index (κ2) is 5.49. The van der Waals surface area contributed by atoms with Crippen LogP contribution in [0, 0.1) is 11.8 Å². The first-order valence-electron chi connectivity index (χ1n) is 5.09. The van der Waals surface area contributed by atoms with Crippen molar-refractivity contribution in [3.63, 3.8) is 0 Å². The summed E-state index contributed by atoms with van der Waals surface area (Å²) in [6, 6.07) is 0. The van der Waals surface area contributed by atoms with Crippen LogP contribution in [0.4, 0.5) is 0 Å². The van der Waals surface area contributed by atoms with Gasteiger partial charge < -0.3 is 9.47 Å². The van der Waals surface area contributed by atoms with Crippen LogP contribution in [0.2, 0.25) is 0 Å². The fourth-order valence-electron chi connectivity index (χ4n) is 1.90. The van der Waals surface area contributed by atoms with Gasteiger partial charge in [0, 0.05) is 6.08 Å². The number of hydrogen-bond acceptors (Lipinski definition) is 4. The summed E-state index contributed by atoms with van der Waals surface area (Å²) in [4.78, 5) is 22.4. The van der Waals surface area contributed by atoms with Crippen molar-refractivity contribution in [1.82, 2.24) is 0 Å². The zero-order valence-corrected chi connectivity index (χ0v) is 9.56. The van der Waals surface area contributed by atoms with Crippen LogP contribution in [-0.4, -0.2) is 26.2 Å². The number of allylic oxidation sites excluding steroid dienone is 2. The molecule has 0 amide bonds. The smallest absolute Gasteiger partial charge is 0.330 e. The van der Waals surface area contributed by atoms with Gasteiger partial charge in [0.05, 0.1) is 20.1 Å². The standard InChI is InChI=1S/C12H16O4/c1-8-6-9(4-5-11(13)15-2)10(7-8)12(14)16-3/h4-5,9-10H,1,6-7H2,2-3H3/b5-4+/t9-,10-/m1/s1. The molecule has 0 bridgehead atoms. The molecule has 0 unspecified atom stereocenters. The number of methoxy groups -OCH3 is 2. The minimum atomic E-state index is -0.416. The van der Waals surface area contributed by atoms with E-state index in [0.717, 1.165) is 5.57 Å². The summed E-state index contributed by atoms with van der Waals surface area (Å²) in [5.41, 5.74) is 1.01. The Hall–Kier alpha value is -1.58. The van der Waals surface area contributed by atoms with Crippen molar-refractivity contribution in [1.29, 1.82) is 0 Å². The molecule has 0 aliphatic heterocycles. The fraction of sp³-hybridized carbons (Fsp3) is 0.500. The van der Waals surface area contributed by atoms with E-state index in [0.29, 0.717) is 12.8 Å². The normalized spacial score (nSPS) is 24.8. The first kappa shape index (κ1) is 12.5. The van der Waals surface area contributed by atoms with Gasteiger partial charge in [0.1, 0.15) is 0 Å². The molecule has 88 valence electrons. The highest BCUT2D eigenvalue weighted by Crippen LogP contribution is 2.36. The summed E-state index contributed by atoms with van der Waals surface area (Å²) in [5, 5.41) is 0. The van der Waals surface area contributed by atoms with Crippen LogP contribution in [-0.2, 0) is 19.1 Å². The Balaban J connectivity index is 2.70. The van der Waals surface area contributed by atoms with Crippen LogP contribution in [0.25, 0.3) is 0 Å². The van der Waals surface area contributed by atoms with E-state index < -0.39 is 5.97 Å². The second-order valence-electron chi connectivity index (χ2n) is 3.83. The van der Waals surface area contributed by atoms with E-state index in [1.165, 1.54) is 20.3 Å². The Morgan fingerprint density at radius 3 is 2.56 bits per heavy atom. The molecule has 0 aromatic heterocycles. The number of carbonyl (C=O) groups excluding carboxylic acids is 2. The number of ether oxygens (including phenoxy) is 2. The van der Waals surface area contributed by atoms with Crippen molar-refractivity contribution in [2.75, 3.05) is 14.2 Å². The van der Waals surface area contributed by atoms with Crippen molar-refractivity contribution < 1.29 is 19.1 Å². The lowest BCUT2D eigenvalue weighted by atomic mass is 9.96. The molecule has 0 saturated heterocycles. The van der Waals surface area contributed by atoms with E-state index >= 15 is 0 Å². The summed E-state index contributed by atoms with van der Waals surface area (Å²) >= 11 is 0. The molecular formula is C12H16O4. The maximum Gasteiger partial charge on any atom is 0.330 e. The van der Waals surface area contributed by atoms with E-state index in [-0.39, 0.29) is 17.8 Å². The fourth-order valence-corrected chi connectivity index (χ4v) is 1.90. The third kappa shape index (κ3) is 2.95. The summed E-state index contributed by atoms with van der Waals surface area (Å²) in [6.45, 7) is 3.86. The highest BCUT2D eigenvalue weighted by molar-refractivity contribution is 5.82.